The Morgan fingerprint density at radius 3 is 3.00 bits per heavy atom. The summed E-state index contributed by atoms with van der Waals surface area (Å²) in [6.07, 6.45) is 1.11. The molecule has 0 aromatic carbocycles. The summed E-state index contributed by atoms with van der Waals surface area (Å²) in [4.78, 5) is 3.77. The van der Waals surface area contributed by atoms with Crippen molar-refractivity contribution in [3.8, 4) is 0 Å². The Labute approximate surface area is 73.8 Å². The quantitative estimate of drug-likeness (QED) is 0.691. The number of pyridine rings is 1. The van der Waals surface area contributed by atoms with Gasteiger partial charge in [-0.25, -0.2) is 9.37 Å². The van der Waals surface area contributed by atoms with Crippen LogP contribution in [0.25, 0.3) is 0 Å². The molecule has 12 heavy (non-hydrogen) atoms. The number of aliphatic hydroxyl groups is 1. The molecule has 1 aromatic heterocycles. The fourth-order valence-electron chi connectivity index (χ4n) is 0.705. The van der Waals surface area contributed by atoms with Crippen LogP contribution in [0.2, 0.25) is 0 Å². The third-order valence-electron chi connectivity index (χ3n) is 1.18. The Kier molecular flexibility index (Phi) is 3.31. The van der Waals surface area contributed by atoms with Crippen LogP contribution in [0, 0.1) is 5.82 Å². The lowest BCUT2D eigenvalue weighted by molar-refractivity contribution is 0.322. The van der Waals surface area contributed by atoms with Crippen molar-refractivity contribution in [2.24, 2.45) is 0 Å². The molecule has 0 bridgehead atoms. The van der Waals surface area contributed by atoms with Crippen molar-refractivity contribution in [1.29, 1.82) is 0 Å². The molecule has 1 heterocycles. The van der Waals surface area contributed by atoms with Crippen LogP contribution < -0.4 is 5.73 Å². The van der Waals surface area contributed by atoms with Crippen LogP contribution in [0.3, 0.4) is 0 Å². The van der Waals surface area contributed by atoms with Gasteiger partial charge in [-0.1, -0.05) is 0 Å². The summed E-state index contributed by atoms with van der Waals surface area (Å²) in [7, 11) is 0. The molecule has 0 saturated heterocycles. The standard InChI is InChI=1S/C7H9FN2OS/c8-5-3-6(9)7(10-4-5)12-2-1-11/h3-4,11H,1-2,9H2. The number of hydrogen-bond acceptors (Lipinski definition) is 4. The molecule has 3 nitrogen and oxygen atoms in total. The number of hydrogen-bond donors (Lipinski definition) is 2. The molecule has 0 aliphatic carbocycles. The van der Waals surface area contributed by atoms with Crippen LogP contribution in [0.1, 0.15) is 0 Å². The van der Waals surface area contributed by atoms with Gasteiger partial charge in [-0.3, -0.25) is 0 Å². The van der Waals surface area contributed by atoms with E-state index in [1.807, 2.05) is 0 Å². The maximum absolute atomic E-state index is 12.5. The highest BCUT2D eigenvalue weighted by molar-refractivity contribution is 7.99. The smallest absolute Gasteiger partial charge is 0.143 e. The van der Waals surface area contributed by atoms with Crippen molar-refractivity contribution < 1.29 is 9.50 Å². The Hall–Kier alpha value is -0.810. The predicted molar refractivity (Wildman–Crippen MR) is 46.4 cm³/mol. The monoisotopic (exact) mass is 188 g/mol. The number of halogens is 1. The number of aliphatic hydroxyl groups excluding tert-OH is 1. The fraction of sp³-hybridized carbons (Fsp3) is 0.286. The van der Waals surface area contributed by atoms with Crippen molar-refractivity contribution in [1.82, 2.24) is 4.98 Å². The molecule has 1 rings (SSSR count). The first-order valence-corrected chi connectivity index (χ1v) is 4.37. The summed E-state index contributed by atoms with van der Waals surface area (Å²) in [5, 5.41) is 9.07. The Morgan fingerprint density at radius 2 is 2.42 bits per heavy atom. The number of rotatable bonds is 3. The van der Waals surface area contributed by atoms with Crippen molar-refractivity contribution in [2.45, 2.75) is 5.03 Å². The van der Waals surface area contributed by atoms with Crippen molar-refractivity contribution >= 4 is 17.4 Å². The van der Waals surface area contributed by atoms with E-state index in [0.29, 0.717) is 16.5 Å². The summed E-state index contributed by atoms with van der Waals surface area (Å²) in [5.41, 5.74) is 5.77. The van der Waals surface area contributed by atoms with Gasteiger partial charge in [0.25, 0.3) is 0 Å². The maximum atomic E-state index is 12.5. The largest absolute Gasteiger partial charge is 0.396 e. The van der Waals surface area contributed by atoms with Crippen LogP contribution in [0.5, 0.6) is 0 Å². The minimum Gasteiger partial charge on any atom is -0.396 e. The molecule has 0 fully saturated rings. The average Bonchev–Trinajstić information content (AvgIpc) is 2.03. The van der Waals surface area contributed by atoms with E-state index in [0.717, 1.165) is 6.20 Å². The van der Waals surface area contributed by atoms with Crippen molar-refractivity contribution in [2.75, 3.05) is 18.1 Å². The molecule has 5 heteroatoms. The lowest BCUT2D eigenvalue weighted by Crippen LogP contribution is -1.95. The van der Waals surface area contributed by atoms with Gasteiger partial charge in [-0.2, -0.15) is 0 Å². The highest BCUT2D eigenvalue weighted by atomic mass is 32.2. The van der Waals surface area contributed by atoms with Gasteiger partial charge in [-0.15, -0.1) is 11.8 Å². The minimum atomic E-state index is -0.444. The lowest BCUT2D eigenvalue weighted by atomic mass is 10.4. The average molecular weight is 188 g/mol. The van der Waals surface area contributed by atoms with E-state index >= 15 is 0 Å². The zero-order valence-electron chi connectivity index (χ0n) is 6.33. The first kappa shape index (κ1) is 9.28. The fourth-order valence-corrected chi connectivity index (χ4v) is 1.34. The highest BCUT2D eigenvalue weighted by Gasteiger charge is 2.01. The number of nitrogens with two attached hydrogens (primary N) is 1. The summed E-state index contributed by atoms with van der Waals surface area (Å²) >= 11 is 1.30. The van der Waals surface area contributed by atoms with Crippen LogP contribution in [0.15, 0.2) is 17.3 Å². The van der Waals surface area contributed by atoms with Gasteiger partial charge < -0.3 is 10.8 Å². The SMILES string of the molecule is Nc1cc(F)cnc1SCCO. The minimum absolute atomic E-state index is 0.0587. The van der Waals surface area contributed by atoms with E-state index in [-0.39, 0.29) is 6.61 Å². The number of nitrogens with zero attached hydrogens (tertiary/aromatic N) is 1. The third-order valence-corrected chi connectivity index (χ3v) is 2.18. The van der Waals surface area contributed by atoms with Gasteiger partial charge in [0.15, 0.2) is 0 Å². The molecule has 0 atom stereocenters. The normalized spacial score (nSPS) is 10.2. The van der Waals surface area contributed by atoms with Crippen molar-refractivity contribution in [3.63, 3.8) is 0 Å². The topological polar surface area (TPSA) is 59.1 Å². The highest BCUT2D eigenvalue weighted by Crippen LogP contribution is 2.21. The molecule has 0 unspecified atom stereocenters. The number of aromatic nitrogens is 1. The zero-order chi connectivity index (χ0) is 8.97. The molecule has 0 spiro atoms. The van der Waals surface area contributed by atoms with Gasteiger partial charge in [0, 0.05) is 11.8 Å². The molecule has 0 saturated carbocycles. The first-order valence-electron chi connectivity index (χ1n) is 3.38. The summed E-state index contributed by atoms with van der Waals surface area (Å²) in [6.45, 7) is 0.0587. The van der Waals surface area contributed by atoms with Gasteiger partial charge in [0.05, 0.1) is 18.5 Å². The van der Waals surface area contributed by atoms with E-state index in [4.69, 9.17) is 10.8 Å². The predicted octanol–water partition coefficient (Wildman–Crippen LogP) is 0.887. The van der Waals surface area contributed by atoms with Crippen molar-refractivity contribution in [3.05, 3.63) is 18.1 Å². The number of thioether (sulfide) groups is 1. The summed E-state index contributed by atoms with van der Waals surface area (Å²) < 4.78 is 12.5. The van der Waals surface area contributed by atoms with E-state index in [2.05, 4.69) is 4.98 Å². The van der Waals surface area contributed by atoms with E-state index in [1.54, 1.807) is 0 Å². The second-order valence-corrected chi connectivity index (χ2v) is 3.20. The van der Waals surface area contributed by atoms with Gasteiger partial charge >= 0.3 is 0 Å². The van der Waals surface area contributed by atoms with E-state index < -0.39 is 5.82 Å². The molecule has 0 amide bonds. The Morgan fingerprint density at radius 1 is 1.67 bits per heavy atom. The van der Waals surface area contributed by atoms with E-state index in [1.165, 1.54) is 17.8 Å². The second kappa shape index (κ2) is 4.27. The third kappa shape index (κ3) is 2.35. The maximum Gasteiger partial charge on any atom is 0.143 e. The molecule has 0 aliphatic heterocycles. The molecule has 1 aromatic rings. The van der Waals surface area contributed by atoms with Gasteiger partial charge in [-0.05, 0) is 0 Å². The molecular weight excluding hydrogens is 179 g/mol. The summed E-state index contributed by atoms with van der Waals surface area (Å²) in [6, 6.07) is 1.21. The molecule has 0 radical (unpaired) electrons. The van der Waals surface area contributed by atoms with Crippen LogP contribution in [-0.2, 0) is 0 Å². The molecule has 3 N–H and O–H groups in total. The molecule has 66 valence electrons. The van der Waals surface area contributed by atoms with Crippen LogP contribution >= 0.6 is 11.8 Å². The zero-order valence-corrected chi connectivity index (χ0v) is 7.14. The lowest BCUT2D eigenvalue weighted by Gasteiger charge is -2.01. The van der Waals surface area contributed by atoms with Gasteiger partial charge in [0.2, 0.25) is 0 Å². The first-order chi connectivity index (χ1) is 5.74. The Bertz CT molecular complexity index is 270. The van der Waals surface area contributed by atoms with Crippen LogP contribution in [0.4, 0.5) is 10.1 Å². The summed E-state index contributed by atoms with van der Waals surface area (Å²) in [5.74, 6) is 0.0730. The molecule has 0 aliphatic rings. The van der Waals surface area contributed by atoms with E-state index in [9.17, 15) is 4.39 Å². The Balaban J connectivity index is 2.72. The number of anilines is 1. The number of nitrogen functional groups attached to an aromatic ring is 1. The van der Waals surface area contributed by atoms with Crippen LogP contribution in [-0.4, -0.2) is 22.5 Å². The second-order valence-electron chi connectivity index (χ2n) is 2.12. The molecular formula is C7H9FN2OS. The van der Waals surface area contributed by atoms with Gasteiger partial charge in [0.1, 0.15) is 10.8 Å².